The van der Waals surface area contributed by atoms with Gasteiger partial charge in [0.15, 0.2) is 0 Å². The van der Waals surface area contributed by atoms with Crippen LogP contribution < -0.4 is 21.1 Å². The number of methoxy groups -OCH3 is 1. The van der Waals surface area contributed by atoms with Gasteiger partial charge in [0, 0.05) is 6.54 Å². The first-order valence-corrected chi connectivity index (χ1v) is 10.5. The summed E-state index contributed by atoms with van der Waals surface area (Å²) >= 11 is 0. The molecule has 0 unspecified atom stereocenters. The van der Waals surface area contributed by atoms with Gasteiger partial charge in [0.2, 0.25) is 5.91 Å². The maximum absolute atomic E-state index is 12.4. The van der Waals surface area contributed by atoms with Crippen LogP contribution in [0.3, 0.4) is 0 Å². The molecule has 0 heterocycles. The van der Waals surface area contributed by atoms with E-state index >= 15 is 0 Å². The number of aliphatic hydroxyl groups is 1. The fraction of sp³-hybridized carbons (Fsp3) is 0.417. The molecule has 0 radical (unpaired) electrons. The molecule has 0 saturated carbocycles. The van der Waals surface area contributed by atoms with Crippen LogP contribution in [0.5, 0.6) is 5.75 Å². The van der Waals surface area contributed by atoms with E-state index in [9.17, 15) is 14.7 Å². The van der Waals surface area contributed by atoms with Crippen LogP contribution in [-0.2, 0) is 22.5 Å². The minimum absolute atomic E-state index is 0.287. The first-order chi connectivity index (χ1) is 15.1. The SMILES string of the molecule is COc1ccc(CN[C@@H](C(N)=O)[C@H](O)[C@H](Cc2ccccc2)NC(=O)OC(C)(C)C)cc1. The van der Waals surface area contributed by atoms with Crippen molar-refractivity contribution in [1.29, 1.82) is 0 Å². The highest BCUT2D eigenvalue weighted by Crippen LogP contribution is 2.14. The van der Waals surface area contributed by atoms with Crippen molar-refractivity contribution in [3.8, 4) is 5.75 Å². The second-order valence-electron chi connectivity index (χ2n) is 8.54. The van der Waals surface area contributed by atoms with Gasteiger partial charge in [-0.2, -0.15) is 0 Å². The molecule has 3 atom stereocenters. The van der Waals surface area contributed by atoms with Crippen LogP contribution in [0.1, 0.15) is 31.9 Å². The lowest BCUT2D eigenvalue weighted by atomic mass is 9.95. The Bertz CT molecular complexity index is 865. The molecule has 2 amide bonds. The number of carbonyl (C=O) groups is 2. The molecule has 8 heteroatoms. The first kappa shape index (κ1) is 25.2. The van der Waals surface area contributed by atoms with Crippen molar-refractivity contribution < 1.29 is 24.2 Å². The molecule has 0 saturated heterocycles. The van der Waals surface area contributed by atoms with Crippen molar-refractivity contribution in [2.45, 2.75) is 57.5 Å². The summed E-state index contributed by atoms with van der Waals surface area (Å²) in [4.78, 5) is 24.6. The topological polar surface area (TPSA) is 123 Å². The number of amides is 2. The highest BCUT2D eigenvalue weighted by Gasteiger charge is 2.33. The van der Waals surface area contributed by atoms with Gasteiger partial charge in [-0.25, -0.2) is 4.79 Å². The summed E-state index contributed by atoms with van der Waals surface area (Å²) in [7, 11) is 1.58. The number of nitrogens with one attached hydrogen (secondary N) is 2. The average Bonchev–Trinajstić information content (AvgIpc) is 2.73. The van der Waals surface area contributed by atoms with E-state index in [2.05, 4.69) is 10.6 Å². The van der Waals surface area contributed by atoms with Crippen molar-refractivity contribution >= 4 is 12.0 Å². The lowest BCUT2D eigenvalue weighted by Crippen LogP contribution is -2.58. The Labute approximate surface area is 189 Å². The molecule has 0 aliphatic heterocycles. The predicted molar refractivity (Wildman–Crippen MR) is 122 cm³/mol. The van der Waals surface area contributed by atoms with Crippen LogP contribution in [0.25, 0.3) is 0 Å². The summed E-state index contributed by atoms with van der Waals surface area (Å²) in [6.07, 6.45) is -1.69. The zero-order valence-corrected chi connectivity index (χ0v) is 19.0. The van der Waals surface area contributed by atoms with Gasteiger partial charge < -0.3 is 25.6 Å². The van der Waals surface area contributed by atoms with E-state index in [0.717, 1.165) is 11.1 Å². The largest absolute Gasteiger partial charge is 0.497 e. The van der Waals surface area contributed by atoms with Crippen molar-refractivity contribution in [2.24, 2.45) is 5.73 Å². The van der Waals surface area contributed by atoms with Gasteiger partial charge in [0.25, 0.3) is 0 Å². The van der Waals surface area contributed by atoms with Crippen LogP contribution in [0.4, 0.5) is 4.79 Å². The second-order valence-corrected chi connectivity index (χ2v) is 8.54. The maximum Gasteiger partial charge on any atom is 0.407 e. The molecule has 2 aromatic carbocycles. The Balaban J connectivity index is 2.16. The van der Waals surface area contributed by atoms with Crippen LogP contribution in [0.2, 0.25) is 0 Å². The number of hydrogen-bond acceptors (Lipinski definition) is 6. The van der Waals surface area contributed by atoms with Gasteiger partial charge in [0.1, 0.15) is 17.4 Å². The molecule has 32 heavy (non-hydrogen) atoms. The van der Waals surface area contributed by atoms with E-state index < -0.39 is 35.8 Å². The molecule has 0 aliphatic rings. The number of rotatable bonds is 10. The number of benzene rings is 2. The number of carbonyl (C=O) groups excluding carboxylic acids is 2. The smallest absolute Gasteiger partial charge is 0.407 e. The summed E-state index contributed by atoms with van der Waals surface area (Å²) in [5.74, 6) is -0.0141. The third-order valence-corrected chi connectivity index (χ3v) is 4.75. The fourth-order valence-electron chi connectivity index (χ4n) is 3.18. The van der Waals surface area contributed by atoms with E-state index in [4.69, 9.17) is 15.2 Å². The third kappa shape index (κ3) is 8.20. The van der Waals surface area contributed by atoms with E-state index in [0.29, 0.717) is 12.3 Å². The monoisotopic (exact) mass is 443 g/mol. The van der Waals surface area contributed by atoms with Gasteiger partial charge in [-0.3, -0.25) is 10.1 Å². The molecule has 0 aromatic heterocycles. The molecule has 174 valence electrons. The number of nitrogens with two attached hydrogens (primary N) is 1. The van der Waals surface area contributed by atoms with Crippen molar-refractivity contribution in [1.82, 2.24) is 10.6 Å². The Kier molecular flexibility index (Phi) is 9.04. The molecule has 8 nitrogen and oxygen atoms in total. The Morgan fingerprint density at radius 3 is 2.19 bits per heavy atom. The normalized spacial score (nSPS) is 14.2. The molecular formula is C24H33N3O5. The summed E-state index contributed by atoms with van der Waals surface area (Å²) < 4.78 is 10.5. The Morgan fingerprint density at radius 1 is 1.03 bits per heavy atom. The van der Waals surface area contributed by atoms with Crippen LogP contribution in [-0.4, -0.2) is 48.0 Å². The Hall–Kier alpha value is -3.10. The predicted octanol–water partition coefficient (Wildman–Crippen LogP) is 2.14. The van der Waals surface area contributed by atoms with E-state index in [-0.39, 0.29) is 6.42 Å². The van der Waals surface area contributed by atoms with Crippen LogP contribution in [0, 0.1) is 0 Å². The minimum Gasteiger partial charge on any atom is -0.497 e. The van der Waals surface area contributed by atoms with E-state index in [1.165, 1.54) is 0 Å². The summed E-state index contributed by atoms with van der Waals surface area (Å²) in [5, 5.41) is 16.8. The highest BCUT2D eigenvalue weighted by atomic mass is 16.6. The molecule has 2 aromatic rings. The molecule has 0 aliphatic carbocycles. The van der Waals surface area contributed by atoms with E-state index in [1.807, 2.05) is 42.5 Å². The van der Waals surface area contributed by atoms with Crippen molar-refractivity contribution in [2.75, 3.05) is 7.11 Å². The summed E-state index contributed by atoms with van der Waals surface area (Å²) in [6, 6.07) is 14.7. The van der Waals surface area contributed by atoms with Gasteiger partial charge >= 0.3 is 6.09 Å². The standard InChI is InChI=1S/C24H33N3O5/c1-24(2,3)32-23(30)27-19(14-16-8-6-5-7-9-16)21(28)20(22(25)29)26-15-17-10-12-18(31-4)13-11-17/h5-13,19-21,26,28H,14-15H2,1-4H3,(H2,25,29)(H,27,30)/t19-,20+,21+/m0/s1. The molecule has 0 fully saturated rings. The van der Waals surface area contributed by atoms with Gasteiger partial charge in [-0.1, -0.05) is 42.5 Å². The lowest BCUT2D eigenvalue weighted by Gasteiger charge is -2.30. The number of aliphatic hydroxyl groups excluding tert-OH is 1. The van der Waals surface area contributed by atoms with E-state index in [1.54, 1.807) is 40.0 Å². The maximum atomic E-state index is 12.4. The molecule has 2 rings (SSSR count). The quantitative estimate of drug-likeness (QED) is 0.446. The van der Waals surface area contributed by atoms with Crippen molar-refractivity contribution in [3.05, 3.63) is 65.7 Å². The fourth-order valence-corrected chi connectivity index (χ4v) is 3.18. The highest BCUT2D eigenvalue weighted by molar-refractivity contribution is 5.81. The third-order valence-electron chi connectivity index (χ3n) is 4.75. The molecular weight excluding hydrogens is 410 g/mol. The van der Waals surface area contributed by atoms with Gasteiger partial charge in [0.05, 0.1) is 19.3 Å². The lowest BCUT2D eigenvalue weighted by molar-refractivity contribution is -0.123. The van der Waals surface area contributed by atoms with Crippen LogP contribution >= 0.6 is 0 Å². The number of ether oxygens (including phenoxy) is 2. The number of primary amides is 1. The molecule has 0 spiro atoms. The Morgan fingerprint density at radius 2 is 1.66 bits per heavy atom. The number of alkyl carbamates (subject to hydrolysis) is 1. The number of hydrogen-bond donors (Lipinski definition) is 4. The van der Waals surface area contributed by atoms with Crippen LogP contribution in [0.15, 0.2) is 54.6 Å². The first-order valence-electron chi connectivity index (χ1n) is 10.5. The van der Waals surface area contributed by atoms with Gasteiger partial charge in [-0.15, -0.1) is 0 Å². The zero-order chi connectivity index (χ0) is 23.7. The summed E-state index contributed by atoms with van der Waals surface area (Å²) in [6.45, 7) is 5.53. The van der Waals surface area contributed by atoms with Gasteiger partial charge in [-0.05, 0) is 50.5 Å². The molecule has 0 bridgehead atoms. The minimum atomic E-state index is -1.29. The second kappa shape index (κ2) is 11.5. The zero-order valence-electron chi connectivity index (χ0n) is 19.0. The summed E-state index contributed by atoms with van der Waals surface area (Å²) in [5.41, 5.74) is 6.64. The average molecular weight is 444 g/mol. The van der Waals surface area contributed by atoms with Crippen molar-refractivity contribution in [3.63, 3.8) is 0 Å². The molecule has 5 N–H and O–H groups in total.